The zero-order chi connectivity index (χ0) is 17.4. The Morgan fingerprint density at radius 3 is 2.65 bits per heavy atom. The van der Waals surface area contributed by atoms with Gasteiger partial charge in [-0.05, 0) is 26.2 Å². The highest BCUT2D eigenvalue weighted by atomic mass is 16.5. The maximum absolute atomic E-state index is 12.4. The van der Waals surface area contributed by atoms with Crippen molar-refractivity contribution in [3.05, 3.63) is 0 Å². The average Bonchev–Trinajstić information content (AvgIpc) is 2.54. The smallest absolute Gasteiger partial charge is 0.310 e. The Morgan fingerprint density at radius 2 is 2.04 bits per heavy atom. The second-order valence-corrected chi connectivity index (χ2v) is 6.02. The molecule has 132 valence electrons. The highest BCUT2D eigenvalue weighted by Gasteiger charge is 2.30. The van der Waals surface area contributed by atoms with Crippen LogP contribution in [0, 0.1) is 5.92 Å². The minimum absolute atomic E-state index is 0.00814. The SMILES string of the molecule is CCCC(N)C(=O)N(C)CC(=O)N1CCCC(C(=O)OCC)C1. The fourth-order valence-corrected chi connectivity index (χ4v) is 2.75. The van der Waals surface area contributed by atoms with Gasteiger partial charge in [0, 0.05) is 20.1 Å². The fourth-order valence-electron chi connectivity index (χ4n) is 2.75. The molecule has 7 nitrogen and oxygen atoms in total. The highest BCUT2D eigenvalue weighted by Crippen LogP contribution is 2.18. The third-order valence-electron chi connectivity index (χ3n) is 4.06. The Balaban J connectivity index is 2.53. The van der Waals surface area contributed by atoms with Gasteiger partial charge in [0.15, 0.2) is 0 Å². The number of hydrogen-bond acceptors (Lipinski definition) is 5. The number of hydrogen-bond donors (Lipinski definition) is 1. The fraction of sp³-hybridized carbons (Fsp3) is 0.812. The van der Waals surface area contributed by atoms with Crippen LogP contribution in [0.15, 0.2) is 0 Å². The minimum Gasteiger partial charge on any atom is -0.466 e. The van der Waals surface area contributed by atoms with Crippen molar-refractivity contribution in [1.82, 2.24) is 9.80 Å². The summed E-state index contributed by atoms with van der Waals surface area (Å²) in [7, 11) is 1.59. The standard InChI is InChI=1S/C16H29N3O4/c1-4-7-13(17)15(21)18(3)11-14(20)19-9-6-8-12(10-19)16(22)23-5-2/h12-13H,4-11,17H2,1-3H3. The second kappa shape index (κ2) is 9.50. The largest absolute Gasteiger partial charge is 0.466 e. The molecule has 0 bridgehead atoms. The normalized spacial score (nSPS) is 19.1. The number of likely N-dealkylation sites (tertiary alicyclic amines) is 1. The highest BCUT2D eigenvalue weighted by molar-refractivity contribution is 5.87. The molecule has 2 unspecified atom stereocenters. The van der Waals surface area contributed by atoms with Gasteiger partial charge in [-0.2, -0.15) is 0 Å². The number of esters is 1. The monoisotopic (exact) mass is 327 g/mol. The van der Waals surface area contributed by atoms with E-state index >= 15 is 0 Å². The van der Waals surface area contributed by atoms with Crippen LogP contribution in [0.4, 0.5) is 0 Å². The second-order valence-electron chi connectivity index (χ2n) is 6.02. The molecule has 2 amide bonds. The number of piperidine rings is 1. The number of amides is 2. The molecule has 1 saturated heterocycles. The van der Waals surface area contributed by atoms with Crippen LogP contribution in [0.5, 0.6) is 0 Å². The Hall–Kier alpha value is -1.63. The molecular formula is C16H29N3O4. The number of nitrogens with two attached hydrogens (primary N) is 1. The number of carbonyl (C=O) groups is 3. The van der Waals surface area contributed by atoms with Crippen molar-refractivity contribution in [3.8, 4) is 0 Å². The van der Waals surface area contributed by atoms with Crippen LogP contribution in [0.3, 0.4) is 0 Å². The quantitative estimate of drug-likeness (QED) is 0.682. The van der Waals surface area contributed by atoms with Gasteiger partial charge in [0.25, 0.3) is 0 Å². The van der Waals surface area contributed by atoms with Gasteiger partial charge in [-0.1, -0.05) is 13.3 Å². The molecule has 0 saturated carbocycles. The summed E-state index contributed by atoms with van der Waals surface area (Å²) in [6, 6.07) is -0.563. The Kier molecular flexibility index (Phi) is 8.02. The van der Waals surface area contributed by atoms with Crippen molar-refractivity contribution < 1.29 is 19.1 Å². The lowest BCUT2D eigenvalue weighted by Gasteiger charge is -2.33. The van der Waals surface area contributed by atoms with Crippen LogP contribution >= 0.6 is 0 Å². The van der Waals surface area contributed by atoms with Crippen LogP contribution in [0.25, 0.3) is 0 Å². The Labute approximate surface area is 138 Å². The molecule has 0 aliphatic carbocycles. The molecule has 7 heteroatoms. The number of nitrogens with zero attached hydrogens (tertiary/aromatic N) is 2. The van der Waals surface area contributed by atoms with Gasteiger partial charge in [-0.25, -0.2) is 0 Å². The summed E-state index contributed by atoms with van der Waals surface area (Å²) >= 11 is 0. The summed E-state index contributed by atoms with van der Waals surface area (Å²) in [4.78, 5) is 39.3. The first-order chi connectivity index (χ1) is 10.9. The minimum atomic E-state index is -0.563. The van der Waals surface area contributed by atoms with E-state index in [9.17, 15) is 14.4 Å². The molecule has 0 aromatic rings. The van der Waals surface area contributed by atoms with E-state index < -0.39 is 6.04 Å². The van der Waals surface area contributed by atoms with Crippen molar-refractivity contribution in [1.29, 1.82) is 0 Å². The molecule has 1 aliphatic rings. The summed E-state index contributed by atoms with van der Waals surface area (Å²) in [6.45, 7) is 5.03. The molecule has 0 radical (unpaired) electrons. The Morgan fingerprint density at radius 1 is 1.35 bits per heavy atom. The van der Waals surface area contributed by atoms with E-state index in [4.69, 9.17) is 10.5 Å². The van der Waals surface area contributed by atoms with E-state index in [2.05, 4.69) is 0 Å². The lowest BCUT2D eigenvalue weighted by atomic mass is 9.98. The molecule has 0 aromatic carbocycles. The van der Waals surface area contributed by atoms with Gasteiger partial charge in [-0.3, -0.25) is 14.4 Å². The third kappa shape index (κ3) is 5.82. The summed E-state index contributed by atoms with van der Waals surface area (Å²) in [5.41, 5.74) is 5.80. The molecule has 1 rings (SSSR count). The number of carbonyl (C=O) groups excluding carboxylic acids is 3. The predicted octanol–water partition coefficient (Wildman–Crippen LogP) is 0.374. The van der Waals surface area contributed by atoms with Gasteiger partial charge in [0.05, 0.1) is 25.1 Å². The summed E-state index contributed by atoms with van der Waals surface area (Å²) in [5, 5.41) is 0. The number of rotatable bonds is 7. The van der Waals surface area contributed by atoms with Gasteiger partial charge < -0.3 is 20.3 Å². The van der Waals surface area contributed by atoms with Crippen molar-refractivity contribution >= 4 is 17.8 Å². The van der Waals surface area contributed by atoms with E-state index in [1.54, 1.807) is 18.9 Å². The van der Waals surface area contributed by atoms with Crippen molar-refractivity contribution in [2.75, 3.05) is 33.3 Å². The van der Waals surface area contributed by atoms with Gasteiger partial charge in [0.2, 0.25) is 11.8 Å². The molecule has 0 aromatic heterocycles. The maximum atomic E-state index is 12.4. The topological polar surface area (TPSA) is 92.9 Å². The van der Waals surface area contributed by atoms with Crippen molar-refractivity contribution in [2.24, 2.45) is 11.7 Å². The molecule has 1 fully saturated rings. The molecule has 0 spiro atoms. The van der Waals surface area contributed by atoms with E-state index in [0.717, 1.165) is 19.3 Å². The zero-order valence-corrected chi connectivity index (χ0v) is 14.4. The van der Waals surface area contributed by atoms with Crippen molar-refractivity contribution in [3.63, 3.8) is 0 Å². The summed E-state index contributed by atoms with van der Waals surface area (Å²) < 4.78 is 5.03. The van der Waals surface area contributed by atoms with Crippen LogP contribution < -0.4 is 5.73 Å². The van der Waals surface area contributed by atoms with Crippen LogP contribution in [0.2, 0.25) is 0 Å². The molecule has 23 heavy (non-hydrogen) atoms. The first-order valence-corrected chi connectivity index (χ1v) is 8.35. The van der Waals surface area contributed by atoms with E-state index in [1.807, 2.05) is 6.92 Å². The number of ether oxygens (including phenoxy) is 1. The van der Waals surface area contributed by atoms with Crippen LogP contribution in [-0.4, -0.2) is 66.9 Å². The maximum Gasteiger partial charge on any atom is 0.310 e. The van der Waals surface area contributed by atoms with Gasteiger partial charge in [0.1, 0.15) is 0 Å². The lowest BCUT2D eigenvalue weighted by Crippen LogP contribution is -2.49. The first-order valence-electron chi connectivity index (χ1n) is 8.35. The molecule has 2 atom stereocenters. The summed E-state index contributed by atoms with van der Waals surface area (Å²) in [5.74, 6) is -0.895. The van der Waals surface area contributed by atoms with E-state index in [-0.39, 0.29) is 30.2 Å². The third-order valence-corrected chi connectivity index (χ3v) is 4.06. The molecular weight excluding hydrogens is 298 g/mol. The lowest BCUT2D eigenvalue weighted by molar-refractivity contribution is -0.152. The zero-order valence-electron chi connectivity index (χ0n) is 14.4. The van der Waals surface area contributed by atoms with Crippen molar-refractivity contribution in [2.45, 2.75) is 45.6 Å². The molecule has 1 aliphatic heterocycles. The molecule has 1 heterocycles. The predicted molar refractivity (Wildman–Crippen MR) is 86.5 cm³/mol. The van der Waals surface area contributed by atoms with E-state index in [1.165, 1.54) is 4.90 Å². The Bertz CT molecular complexity index is 428. The van der Waals surface area contributed by atoms with Gasteiger partial charge in [-0.15, -0.1) is 0 Å². The number of likely N-dealkylation sites (N-methyl/N-ethyl adjacent to an activating group) is 1. The van der Waals surface area contributed by atoms with Crippen LogP contribution in [0.1, 0.15) is 39.5 Å². The van der Waals surface area contributed by atoms with Gasteiger partial charge >= 0.3 is 5.97 Å². The summed E-state index contributed by atoms with van der Waals surface area (Å²) in [6.07, 6.45) is 2.93. The van der Waals surface area contributed by atoms with E-state index in [0.29, 0.717) is 26.1 Å². The average molecular weight is 327 g/mol. The molecule has 2 N–H and O–H groups in total. The van der Waals surface area contributed by atoms with Crippen LogP contribution in [-0.2, 0) is 19.1 Å². The first kappa shape index (κ1) is 19.4.